The van der Waals surface area contributed by atoms with Crippen molar-refractivity contribution >= 4 is 5.69 Å². The van der Waals surface area contributed by atoms with Crippen molar-refractivity contribution in [3.8, 4) is 5.75 Å². The van der Waals surface area contributed by atoms with Crippen LogP contribution in [0.1, 0.15) is 39.2 Å². The topological polar surface area (TPSA) is 12.5 Å². The van der Waals surface area contributed by atoms with Gasteiger partial charge >= 0.3 is 0 Å². The smallest absolute Gasteiger partial charge is 0.120 e. The second-order valence-electron chi connectivity index (χ2n) is 5.86. The van der Waals surface area contributed by atoms with Crippen molar-refractivity contribution in [2.45, 2.75) is 46.1 Å². The molecule has 0 radical (unpaired) electrons. The Hall–Kier alpha value is -1.18. The van der Waals surface area contributed by atoms with Crippen molar-refractivity contribution in [2.24, 2.45) is 0 Å². The highest BCUT2D eigenvalue weighted by atomic mass is 16.5. The van der Waals surface area contributed by atoms with Gasteiger partial charge in [0.15, 0.2) is 0 Å². The summed E-state index contributed by atoms with van der Waals surface area (Å²) >= 11 is 0. The molecule has 0 N–H and O–H groups in total. The van der Waals surface area contributed by atoms with Gasteiger partial charge < -0.3 is 9.64 Å². The van der Waals surface area contributed by atoms with E-state index in [2.05, 4.69) is 50.8 Å². The zero-order valence-corrected chi connectivity index (χ0v) is 11.4. The second kappa shape index (κ2) is 4.59. The van der Waals surface area contributed by atoms with E-state index in [0.717, 1.165) is 5.75 Å². The zero-order chi connectivity index (χ0) is 12.5. The molecular weight excluding hydrogens is 210 g/mol. The summed E-state index contributed by atoms with van der Waals surface area (Å²) in [6, 6.07) is 6.44. The Morgan fingerprint density at radius 3 is 2.29 bits per heavy atom. The molecule has 1 aliphatic rings. The molecule has 1 fully saturated rings. The second-order valence-corrected chi connectivity index (χ2v) is 5.86. The SMILES string of the molecule is Cc1cc(OC(C)(C)C)ccc1N1CCCC1. The fraction of sp³-hybridized carbons (Fsp3) is 0.600. The maximum Gasteiger partial charge on any atom is 0.120 e. The van der Waals surface area contributed by atoms with Gasteiger partial charge in [0.1, 0.15) is 11.4 Å². The summed E-state index contributed by atoms with van der Waals surface area (Å²) in [6.07, 6.45) is 2.64. The van der Waals surface area contributed by atoms with Crippen molar-refractivity contribution in [3.05, 3.63) is 23.8 Å². The number of rotatable bonds is 2. The van der Waals surface area contributed by atoms with E-state index in [4.69, 9.17) is 4.74 Å². The predicted octanol–water partition coefficient (Wildman–Crippen LogP) is 3.77. The monoisotopic (exact) mass is 233 g/mol. The number of hydrogen-bond donors (Lipinski definition) is 0. The summed E-state index contributed by atoms with van der Waals surface area (Å²) in [7, 11) is 0. The molecule has 1 aliphatic heterocycles. The minimum Gasteiger partial charge on any atom is -0.488 e. The Labute approximate surface area is 105 Å². The Morgan fingerprint density at radius 1 is 1.12 bits per heavy atom. The standard InChI is InChI=1S/C15H23NO/c1-12-11-13(17-15(2,3)4)7-8-14(12)16-9-5-6-10-16/h7-8,11H,5-6,9-10H2,1-4H3. The molecule has 2 nitrogen and oxygen atoms in total. The van der Waals surface area contributed by atoms with Crippen LogP contribution in [0, 0.1) is 6.92 Å². The first-order chi connectivity index (χ1) is 7.96. The molecule has 1 saturated heterocycles. The molecule has 0 atom stereocenters. The summed E-state index contributed by atoms with van der Waals surface area (Å²) in [5.41, 5.74) is 2.55. The van der Waals surface area contributed by atoms with Crippen LogP contribution in [0.25, 0.3) is 0 Å². The van der Waals surface area contributed by atoms with Gasteiger partial charge in [-0.25, -0.2) is 0 Å². The average molecular weight is 233 g/mol. The van der Waals surface area contributed by atoms with E-state index in [9.17, 15) is 0 Å². The molecule has 0 bridgehead atoms. The van der Waals surface area contributed by atoms with Gasteiger partial charge in [-0.3, -0.25) is 0 Å². The fourth-order valence-electron chi connectivity index (χ4n) is 2.36. The Kier molecular flexibility index (Phi) is 3.32. The number of ether oxygens (including phenoxy) is 1. The van der Waals surface area contributed by atoms with Gasteiger partial charge in [-0.15, -0.1) is 0 Å². The highest BCUT2D eigenvalue weighted by Crippen LogP contribution is 2.29. The van der Waals surface area contributed by atoms with Gasteiger partial charge in [-0.1, -0.05) is 0 Å². The molecule has 1 aromatic carbocycles. The molecule has 0 unspecified atom stereocenters. The van der Waals surface area contributed by atoms with Gasteiger partial charge in [0, 0.05) is 18.8 Å². The lowest BCUT2D eigenvalue weighted by atomic mass is 10.1. The molecular formula is C15H23NO. The molecule has 94 valence electrons. The quantitative estimate of drug-likeness (QED) is 0.771. The number of anilines is 1. The number of benzene rings is 1. The third-order valence-electron chi connectivity index (χ3n) is 3.04. The van der Waals surface area contributed by atoms with Gasteiger partial charge in [0.25, 0.3) is 0 Å². The normalized spacial score (nSPS) is 16.4. The molecule has 2 rings (SSSR count). The summed E-state index contributed by atoms with van der Waals surface area (Å²) in [5, 5.41) is 0. The van der Waals surface area contributed by atoms with Gasteiger partial charge in [0.05, 0.1) is 0 Å². The highest BCUT2D eigenvalue weighted by molar-refractivity contribution is 5.56. The first-order valence-electron chi connectivity index (χ1n) is 6.50. The molecule has 0 amide bonds. The van der Waals surface area contributed by atoms with Gasteiger partial charge in [-0.05, 0) is 64.3 Å². The minimum absolute atomic E-state index is 0.123. The predicted molar refractivity (Wildman–Crippen MR) is 73.0 cm³/mol. The average Bonchev–Trinajstić information content (AvgIpc) is 2.68. The number of hydrogen-bond acceptors (Lipinski definition) is 2. The third-order valence-corrected chi connectivity index (χ3v) is 3.04. The first-order valence-corrected chi connectivity index (χ1v) is 6.50. The van der Waals surface area contributed by atoms with Crippen LogP contribution in [0.5, 0.6) is 5.75 Å². The molecule has 1 heterocycles. The summed E-state index contributed by atoms with van der Waals surface area (Å²) < 4.78 is 5.88. The molecule has 17 heavy (non-hydrogen) atoms. The van der Waals surface area contributed by atoms with E-state index < -0.39 is 0 Å². The molecule has 2 heteroatoms. The molecule has 1 aromatic rings. The van der Waals surface area contributed by atoms with Gasteiger partial charge in [0.2, 0.25) is 0 Å². The maximum atomic E-state index is 5.88. The molecule has 0 aromatic heterocycles. The largest absolute Gasteiger partial charge is 0.488 e. The van der Waals surface area contributed by atoms with Gasteiger partial charge in [-0.2, -0.15) is 0 Å². The van der Waals surface area contributed by atoms with Crippen LogP contribution < -0.4 is 9.64 Å². The van der Waals surface area contributed by atoms with Crippen LogP contribution >= 0.6 is 0 Å². The number of nitrogens with zero attached hydrogens (tertiary/aromatic N) is 1. The van der Waals surface area contributed by atoms with E-state index in [-0.39, 0.29) is 5.60 Å². The zero-order valence-electron chi connectivity index (χ0n) is 11.4. The Balaban J connectivity index is 2.16. The number of aryl methyl sites for hydroxylation is 1. The molecule has 0 spiro atoms. The van der Waals surface area contributed by atoms with Crippen LogP contribution in [0.15, 0.2) is 18.2 Å². The fourth-order valence-corrected chi connectivity index (χ4v) is 2.36. The van der Waals surface area contributed by atoms with Crippen LogP contribution in [0.4, 0.5) is 5.69 Å². The Morgan fingerprint density at radius 2 is 1.76 bits per heavy atom. The maximum absolute atomic E-state index is 5.88. The van der Waals surface area contributed by atoms with E-state index in [0.29, 0.717) is 0 Å². The van der Waals surface area contributed by atoms with Crippen LogP contribution in [-0.2, 0) is 0 Å². The summed E-state index contributed by atoms with van der Waals surface area (Å²) in [4.78, 5) is 2.47. The summed E-state index contributed by atoms with van der Waals surface area (Å²) in [5.74, 6) is 0.970. The lowest BCUT2D eigenvalue weighted by Gasteiger charge is -2.24. The van der Waals surface area contributed by atoms with E-state index in [1.54, 1.807) is 0 Å². The van der Waals surface area contributed by atoms with E-state index in [1.165, 1.54) is 37.2 Å². The lowest BCUT2D eigenvalue weighted by molar-refractivity contribution is 0.131. The van der Waals surface area contributed by atoms with Crippen LogP contribution in [0.3, 0.4) is 0 Å². The van der Waals surface area contributed by atoms with E-state index in [1.807, 2.05) is 0 Å². The van der Waals surface area contributed by atoms with Crippen molar-refractivity contribution in [1.82, 2.24) is 0 Å². The molecule has 0 aliphatic carbocycles. The van der Waals surface area contributed by atoms with Crippen molar-refractivity contribution < 1.29 is 4.74 Å². The third kappa shape index (κ3) is 3.15. The van der Waals surface area contributed by atoms with Crippen molar-refractivity contribution in [1.29, 1.82) is 0 Å². The molecule has 0 saturated carbocycles. The van der Waals surface area contributed by atoms with Crippen LogP contribution in [-0.4, -0.2) is 18.7 Å². The Bertz CT molecular complexity index is 386. The summed E-state index contributed by atoms with van der Waals surface area (Å²) in [6.45, 7) is 10.8. The van der Waals surface area contributed by atoms with E-state index >= 15 is 0 Å². The first kappa shape index (κ1) is 12.3. The lowest BCUT2D eigenvalue weighted by Crippen LogP contribution is -2.23. The minimum atomic E-state index is -0.123. The van der Waals surface area contributed by atoms with Crippen molar-refractivity contribution in [3.63, 3.8) is 0 Å². The van der Waals surface area contributed by atoms with Crippen molar-refractivity contribution in [2.75, 3.05) is 18.0 Å². The van der Waals surface area contributed by atoms with Crippen LogP contribution in [0.2, 0.25) is 0 Å². The highest BCUT2D eigenvalue weighted by Gasteiger charge is 2.16.